The second kappa shape index (κ2) is 7.26. The third-order valence-electron chi connectivity index (χ3n) is 4.48. The molecule has 24 heavy (non-hydrogen) atoms. The summed E-state index contributed by atoms with van der Waals surface area (Å²) in [6.45, 7) is 0.924. The maximum atomic E-state index is 12.2. The van der Waals surface area contributed by atoms with Gasteiger partial charge in [0.25, 0.3) is 0 Å². The van der Waals surface area contributed by atoms with Gasteiger partial charge in [0.15, 0.2) is 0 Å². The largest absolute Gasteiger partial charge is 0.497 e. The summed E-state index contributed by atoms with van der Waals surface area (Å²) in [5.41, 5.74) is 2.29. The molecule has 2 aromatic carbocycles. The molecule has 0 heterocycles. The van der Waals surface area contributed by atoms with Gasteiger partial charge in [0.2, 0.25) is 5.91 Å². The summed E-state index contributed by atoms with van der Waals surface area (Å²) in [7, 11) is 1.62. The monoisotopic (exact) mass is 388 g/mol. The van der Waals surface area contributed by atoms with Crippen LogP contribution in [0.4, 0.5) is 5.69 Å². The number of benzene rings is 2. The second-order valence-corrected chi connectivity index (χ2v) is 6.98. The maximum absolute atomic E-state index is 12.2. The first-order valence-corrected chi connectivity index (χ1v) is 8.82. The molecule has 0 atom stereocenters. The van der Waals surface area contributed by atoms with Gasteiger partial charge >= 0.3 is 0 Å². The Labute approximate surface area is 150 Å². The summed E-state index contributed by atoms with van der Waals surface area (Å²) in [6, 6.07) is 16.0. The molecule has 1 aliphatic rings. The van der Waals surface area contributed by atoms with E-state index >= 15 is 0 Å². The average molecular weight is 389 g/mol. The van der Waals surface area contributed by atoms with E-state index in [2.05, 4.69) is 50.8 Å². The number of hydrogen-bond acceptors (Lipinski definition) is 3. The van der Waals surface area contributed by atoms with E-state index in [1.54, 1.807) is 7.11 Å². The van der Waals surface area contributed by atoms with E-state index in [4.69, 9.17) is 4.74 Å². The number of anilines is 1. The van der Waals surface area contributed by atoms with Crippen LogP contribution in [0.2, 0.25) is 0 Å². The Morgan fingerprint density at radius 3 is 2.62 bits per heavy atom. The summed E-state index contributed by atoms with van der Waals surface area (Å²) >= 11 is 3.47. The van der Waals surface area contributed by atoms with Crippen molar-refractivity contribution in [3.63, 3.8) is 0 Å². The van der Waals surface area contributed by atoms with Gasteiger partial charge in [0, 0.05) is 22.5 Å². The highest BCUT2D eigenvalue weighted by Gasteiger charge is 2.44. The minimum atomic E-state index is -0.00748. The molecule has 5 heteroatoms. The van der Waals surface area contributed by atoms with Gasteiger partial charge in [-0.2, -0.15) is 0 Å². The highest BCUT2D eigenvalue weighted by Crippen LogP contribution is 2.47. The lowest BCUT2D eigenvalue weighted by atomic mass is 9.96. The van der Waals surface area contributed by atoms with Crippen LogP contribution < -0.4 is 15.4 Å². The zero-order chi connectivity index (χ0) is 17.0. The maximum Gasteiger partial charge on any atom is 0.239 e. The van der Waals surface area contributed by atoms with E-state index in [9.17, 15) is 4.79 Å². The normalized spacial score (nSPS) is 14.8. The highest BCUT2D eigenvalue weighted by atomic mass is 79.9. The van der Waals surface area contributed by atoms with E-state index in [0.29, 0.717) is 6.54 Å². The SMILES string of the molecule is COc1ccc(Br)c(NCC(=O)NCC2(c3ccccc3)CC2)c1. The molecule has 0 aliphatic heterocycles. The van der Waals surface area contributed by atoms with Gasteiger partial charge in [0.1, 0.15) is 5.75 Å². The minimum Gasteiger partial charge on any atom is -0.497 e. The minimum absolute atomic E-state index is 0.00748. The molecule has 0 radical (unpaired) electrons. The Bertz CT molecular complexity index is 715. The van der Waals surface area contributed by atoms with E-state index in [0.717, 1.165) is 28.8 Å². The third kappa shape index (κ3) is 3.90. The Kier molecular flexibility index (Phi) is 5.09. The van der Waals surface area contributed by atoms with Crippen LogP contribution in [-0.2, 0) is 10.2 Å². The van der Waals surface area contributed by atoms with Gasteiger partial charge < -0.3 is 15.4 Å². The van der Waals surface area contributed by atoms with Crippen molar-refractivity contribution in [1.29, 1.82) is 0 Å². The Hall–Kier alpha value is -2.01. The van der Waals surface area contributed by atoms with E-state index in [1.807, 2.05) is 24.3 Å². The van der Waals surface area contributed by atoms with Gasteiger partial charge in [-0.05, 0) is 46.5 Å². The number of carbonyl (C=O) groups excluding carboxylic acids is 1. The predicted molar refractivity (Wildman–Crippen MR) is 99.5 cm³/mol. The average Bonchev–Trinajstić information content (AvgIpc) is 3.41. The van der Waals surface area contributed by atoms with Crippen LogP contribution in [0.15, 0.2) is 53.0 Å². The first kappa shape index (κ1) is 16.8. The summed E-state index contributed by atoms with van der Waals surface area (Å²) in [4.78, 5) is 12.2. The number of hydrogen-bond donors (Lipinski definition) is 2. The fourth-order valence-corrected chi connectivity index (χ4v) is 3.17. The van der Waals surface area contributed by atoms with Crippen LogP contribution in [0.5, 0.6) is 5.75 Å². The number of carbonyl (C=O) groups is 1. The lowest BCUT2D eigenvalue weighted by molar-refractivity contribution is -0.119. The van der Waals surface area contributed by atoms with Crippen LogP contribution in [0.1, 0.15) is 18.4 Å². The highest BCUT2D eigenvalue weighted by molar-refractivity contribution is 9.10. The molecule has 1 saturated carbocycles. The fourth-order valence-electron chi connectivity index (χ4n) is 2.78. The zero-order valence-electron chi connectivity index (χ0n) is 13.6. The zero-order valence-corrected chi connectivity index (χ0v) is 15.2. The number of ether oxygens (including phenoxy) is 1. The second-order valence-electron chi connectivity index (χ2n) is 6.12. The molecule has 1 amide bonds. The molecule has 0 saturated heterocycles. The number of amides is 1. The van der Waals surface area contributed by atoms with Crippen LogP contribution in [0, 0.1) is 0 Å². The fraction of sp³-hybridized carbons (Fsp3) is 0.316. The van der Waals surface area contributed by atoms with Crippen LogP contribution in [-0.4, -0.2) is 26.1 Å². The van der Waals surface area contributed by atoms with Crippen LogP contribution in [0.25, 0.3) is 0 Å². The summed E-state index contributed by atoms with van der Waals surface area (Å²) < 4.78 is 6.11. The van der Waals surface area contributed by atoms with Gasteiger partial charge in [-0.15, -0.1) is 0 Å². The quantitative estimate of drug-likeness (QED) is 0.759. The van der Waals surface area contributed by atoms with Crippen LogP contribution in [0.3, 0.4) is 0 Å². The molecule has 0 bridgehead atoms. The number of methoxy groups -OCH3 is 1. The Balaban J connectivity index is 1.52. The summed E-state index contributed by atoms with van der Waals surface area (Å²) in [5.74, 6) is 0.744. The predicted octanol–water partition coefficient (Wildman–Crippen LogP) is 3.72. The molecular formula is C19H21BrN2O2. The van der Waals surface area contributed by atoms with Crippen molar-refractivity contribution in [3.8, 4) is 5.75 Å². The molecule has 2 N–H and O–H groups in total. The summed E-state index contributed by atoms with van der Waals surface area (Å²) in [5, 5.41) is 6.20. The Morgan fingerprint density at radius 1 is 1.21 bits per heavy atom. The lowest BCUT2D eigenvalue weighted by Gasteiger charge is -2.17. The van der Waals surface area contributed by atoms with Crippen molar-refractivity contribution in [2.24, 2.45) is 0 Å². The van der Waals surface area contributed by atoms with E-state index in [1.165, 1.54) is 5.56 Å². The summed E-state index contributed by atoms with van der Waals surface area (Å²) in [6.07, 6.45) is 2.26. The molecular weight excluding hydrogens is 368 g/mol. The standard InChI is InChI=1S/C19H21BrN2O2/c1-24-15-7-8-16(20)17(11-15)21-12-18(23)22-13-19(9-10-19)14-5-3-2-4-6-14/h2-8,11,21H,9-10,12-13H2,1H3,(H,22,23). The van der Waals surface area contributed by atoms with Crippen molar-refractivity contribution in [3.05, 3.63) is 58.6 Å². The van der Waals surface area contributed by atoms with Gasteiger partial charge in [0.05, 0.1) is 19.3 Å². The molecule has 1 fully saturated rings. The number of rotatable bonds is 7. The first-order chi connectivity index (χ1) is 11.6. The van der Waals surface area contributed by atoms with Crippen molar-refractivity contribution in [2.45, 2.75) is 18.3 Å². The molecule has 0 unspecified atom stereocenters. The van der Waals surface area contributed by atoms with E-state index in [-0.39, 0.29) is 17.9 Å². The first-order valence-electron chi connectivity index (χ1n) is 8.03. The molecule has 2 aromatic rings. The van der Waals surface area contributed by atoms with Crippen molar-refractivity contribution >= 4 is 27.5 Å². The van der Waals surface area contributed by atoms with E-state index < -0.39 is 0 Å². The van der Waals surface area contributed by atoms with Crippen molar-refractivity contribution in [2.75, 3.05) is 25.5 Å². The number of halogens is 1. The Morgan fingerprint density at radius 2 is 1.96 bits per heavy atom. The van der Waals surface area contributed by atoms with Gasteiger partial charge in [-0.3, -0.25) is 4.79 Å². The van der Waals surface area contributed by atoms with Crippen molar-refractivity contribution < 1.29 is 9.53 Å². The smallest absolute Gasteiger partial charge is 0.239 e. The number of nitrogens with one attached hydrogen (secondary N) is 2. The molecule has 4 nitrogen and oxygen atoms in total. The topological polar surface area (TPSA) is 50.4 Å². The molecule has 126 valence electrons. The third-order valence-corrected chi connectivity index (χ3v) is 5.17. The molecule has 1 aliphatic carbocycles. The molecule has 0 aromatic heterocycles. The molecule has 3 rings (SSSR count). The van der Waals surface area contributed by atoms with Gasteiger partial charge in [-0.1, -0.05) is 30.3 Å². The van der Waals surface area contributed by atoms with Crippen molar-refractivity contribution in [1.82, 2.24) is 5.32 Å². The van der Waals surface area contributed by atoms with Crippen LogP contribution >= 0.6 is 15.9 Å². The molecule has 0 spiro atoms. The van der Waals surface area contributed by atoms with Gasteiger partial charge in [-0.25, -0.2) is 0 Å². The lowest BCUT2D eigenvalue weighted by Crippen LogP contribution is -2.36.